The van der Waals surface area contributed by atoms with Gasteiger partial charge in [0.1, 0.15) is 11.7 Å². The molecule has 1 atom stereocenters. The third-order valence-electron chi connectivity index (χ3n) is 7.05. The van der Waals surface area contributed by atoms with Crippen molar-refractivity contribution < 1.29 is 14.4 Å². The molecule has 1 saturated heterocycles. The van der Waals surface area contributed by atoms with Crippen LogP contribution < -0.4 is 16.0 Å². The molecule has 194 valence electrons. The van der Waals surface area contributed by atoms with Crippen molar-refractivity contribution in [1.82, 2.24) is 25.6 Å². The van der Waals surface area contributed by atoms with Crippen LogP contribution in [0.15, 0.2) is 41.9 Å². The highest BCUT2D eigenvalue weighted by Gasteiger charge is 2.29. The van der Waals surface area contributed by atoms with E-state index in [4.69, 9.17) is 0 Å². The first-order chi connectivity index (χ1) is 18.0. The van der Waals surface area contributed by atoms with E-state index in [1.54, 1.807) is 6.20 Å². The molecule has 1 aliphatic heterocycles. The molecule has 2 aromatic heterocycles. The zero-order valence-electron chi connectivity index (χ0n) is 20.7. The van der Waals surface area contributed by atoms with E-state index < -0.39 is 6.04 Å². The first kappa shape index (κ1) is 25.3. The number of nitrogens with zero attached hydrogens (tertiary/aromatic N) is 3. The molecule has 3 amide bonds. The van der Waals surface area contributed by atoms with E-state index in [2.05, 4.69) is 38.4 Å². The van der Waals surface area contributed by atoms with Crippen LogP contribution in [0.5, 0.6) is 0 Å². The summed E-state index contributed by atoms with van der Waals surface area (Å²) in [5.74, 6) is 0.102. The zero-order valence-corrected chi connectivity index (χ0v) is 21.6. The predicted octanol–water partition coefficient (Wildman–Crippen LogP) is 3.84. The number of carbonyl (C=O) groups is 3. The van der Waals surface area contributed by atoms with Gasteiger partial charge in [-0.25, -0.2) is 4.68 Å². The summed E-state index contributed by atoms with van der Waals surface area (Å²) in [6, 6.07) is 9.38. The molecule has 3 aromatic rings. The average Bonchev–Trinajstić information content (AvgIpc) is 3.56. The summed E-state index contributed by atoms with van der Waals surface area (Å²) in [4.78, 5) is 37.0. The van der Waals surface area contributed by atoms with E-state index in [9.17, 15) is 14.4 Å². The van der Waals surface area contributed by atoms with Gasteiger partial charge in [0.15, 0.2) is 0 Å². The molecule has 2 aliphatic rings. The van der Waals surface area contributed by atoms with Gasteiger partial charge >= 0.3 is 0 Å². The fourth-order valence-electron chi connectivity index (χ4n) is 4.98. The number of imide groups is 1. The molecule has 5 rings (SSSR count). The van der Waals surface area contributed by atoms with E-state index in [1.165, 1.54) is 53.7 Å². The van der Waals surface area contributed by atoms with Crippen molar-refractivity contribution in [2.45, 2.75) is 64.0 Å². The Morgan fingerprint density at radius 1 is 1.11 bits per heavy atom. The minimum absolute atomic E-state index is 0.0798. The van der Waals surface area contributed by atoms with Crippen LogP contribution in [-0.4, -0.2) is 39.3 Å². The molecular weight excluding hydrogens is 488 g/mol. The number of rotatable bonds is 9. The highest BCUT2D eigenvalue weighted by atomic mass is 32.1. The number of hydrogen-bond donors (Lipinski definition) is 3. The Labute approximate surface area is 220 Å². The number of anilines is 1. The molecule has 2 fully saturated rings. The molecule has 0 bridgehead atoms. The van der Waals surface area contributed by atoms with Crippen LogP contribution in [0.1, 0.15) is 61.4 Å². The van der Waals surface area contributed by atoms with Crippen LogP contribution in [0.3, 0.4) is 0 Å². The molecule has 1 aromatic carbocycles. The van der Waals surface area contributed by atoms with Gasteiger partial charge in [-0.15, -0.1) is 16.4 Å². The minimum atomic E-state index is -0.540. The topological polar surface area (TPSA) is 118 Å². The van der Waals surface area contributed by atoms with Crippen molar-refractivity contribution >= 4 is 34.7 Å². The number of amides is 3. The summed E-state index contributed by atoms with van der Waals surface area (Å²) in [5.41, 5.74) is 3.46. The van der Waals surface area contributed by atoms with E-state index in [0.29, 0.717) is 12.1 Å². The van der Waals surface area contributed by atoms with E-state index in [0.717, 1.165) is 35.1 Å². The largest absolute Gasteiger partial charge is 0.326 e. The maximum atomic E-state index is 12.6. The normalized spacial score (nSPS) is 18.5. The fourth-order valence-corrected chi connectivity index (χ4v) is 5.86. The Kier molecular flexibility index (Phi) is 8.05. The van der Waals surface area contributed by atoms with Crippen LogP contribution in [0.4, 0.5) is 5.69 Å². The Hall–Kier alpha value is -3.37. The summed E-state index contributed by atoms with van der Waals surface area (Å²) in [6.45, 7) is 1.92. The lowest BCUT2D eigenvalue weighted by atomic mass is 9.89. The van der Waals surface area contributed by atoms with Crippen LogP contribution in [0, 0.1) is 5.92 Å². The Bertz CT molecular complexity index is 1250. The summed E-state index contributed by atoms with van der Waals surface area (Å²) >= 11 is 1.48. The maximum Gasteiger partial charge on any atom is 0.251 e. The molecular formula is C27H32N6O3S. The van der Waals surface area contributed by atoms with E-state index in [1.807, 2.05) is 23.6 Å². The first-order valence-corrected chi connectivity index (χ1v) is 13.8. The van der Waals surface area contributed by atoms with Gasteiger partial charge in [0.2, 0.25) is 11.8 Å². The third kappa shape index (κ3) is 6.69. The molecule has 1 unspecified atom stereocenters. The summed E-state index contributed by atoms with van der Waals surface area (Å²) in [5, 5.41) is 19.1. The Morgan fingerprint density at radius 3 is 2.70 bits per heavy atom. The number of piperidine rings is 1. The lowest BCUT2D eigenvalue weighted by Gasteiger charge is -2.21. The molecule has 9 nitrogen and oxygen atoms in total. The smallest absolute Gasteiger partial charge is 0.251 e. The monoisotopic (exact) mass is 520 g/mol. The van der Waals surface area contributed by atoms with E-state index >= 15 is 0 Å². The Morgan fingerprint density at radius 2 is 1.92 bits per heavy atom. The number of hydrogen-bond acceptors (Lipinski definition) is 7. The molecule has 3 heterocycles. The molecule has 1 aliphatic carbocycles. The number of aromatic nitrogens is 3. The highest BCUT2D eigenvalue weighted by molar-refractivity contribution is 7.10. The first-order valence-electron chi connectivity index (χ1n) is 13.0. The molecule has 0 radical (unpaired) electrons. The van der Waals surface area contributed by atoms with Crippen LogP contribution in [0.25, 0.3) is 11.3 Å². The van der Waals surface area contributed by atoms with Gasteiger partial charge in [-0.1, -0.05) is 36.6 Å². The third-order valence-corrected chi connectivity index (χ3v) is 7.99. The summed E-state index contributed by atoms with van der Waals surface area (Å²) < 4.78 is 1.50. The van der Waals surface area contributed by atoms with Gasteiger partial charge in [0.25, 0.3) is 5.91 Å². The quantitative estimate of drug-likeness (QED) is 0.369. The second-order valence-corrected chi connectivity index (χ2v) is 10.9. The fraction of sp³-hybridized carbons (Fsp3) is 0.444. The van der Waals surface area contributed by atoms with Gasteiger partial charge in [-0.2, -0.15) is 0 Å². The molecule has 1 saturated carbocycles. The number of thiophene rings is 1. The second-order valence-electron chi connectivity index (χ2n) is 9.91. The van der Waals surface area contributed by atoms with Gasteiger partial charge in [0, 0.05) is 34.5 Å². The zero-order chi connectivity index (χ0) is 25.6. The highest BCUT2D eigenvalue weighted by Crippen LogP contribution is 2.27. The van der Waals surface area contributed by atoms with Crippen molar-refractivity contribution in [2.75, 3.05) is 11.9 Å². The average molecular weight is 521 g/mol. The van der Waals surface area contributed by atoms with Crippen LogP contribution in [0.2, 0.25) is 0 Å². The summed E-state index contributed by atoms with van der Waals surface area (Å²) in [6.07, 6.45) is 9.43. The minimum Gasteiger partial charge on any atom is -0.326 e. The van der Waals surface area contributed by atoms with Crippen molar-refractivity contribution in [3.05, 3.63) is 52.3 Å². The Balaban J connectivity index is 1.10. The van der Waals surface area contributed by atoms with Gasteiger partial charge in [-0.05, 0) is 55.5 Å². The SMILES string of the molecule is O=C1CCC(n2cc(-c3csc(CC(=O)Nc4ccc(CNCC5CCCCC5)cc4)c3)nn2)C(=O)N1. The van der Waals surface area contributed by atoms with Gasteiger partial charge in [-0.3, -0.25) is 19.7 Å². The molecule has 3 N–H and O–H groups in total. The van der Waals surface area contributed by atoms with Crippen molar-refractivity contribution in [1.29, 1.82) is 0 Å². The summed E-state index contributed by atoms with van der Waals surface area (Å²) in [7, 11) is 0. The van der Waals surface area contributed by atoms with Gasteiger partial charge in [0.05, 0.1) is 12.6 Å². The lowest BCUT2D eigenvalue weighted by Crippen LogP contribution is -2.41. The second kappa shape index (κ2) is 11.8. The molecule has 0 spiro atoms. The van der Waals surface area contributed by atoms with Crippen molar-refractivity contribution in [3.63, 3.8) is 0 Å². The predicted molar refractivity (Wildman–Crippen MR) is 142 cm³/mol. The standard InChI is InChI=1S/C27H32N6O3S/c34-25-11-10-24(27(36)30-25)33-16-23(31-32-33)20-12-22(37-17-20)13-26(35)29-21-8-6-19(7-9-21)15-28-14-18-4-2-1-3-5-18/h6-9,12,16-18,24,28H,1-5,10-11,13-15H2,(H,29,35)(H,30,34,36). The van der Waals surface area contributed by atoms with Crippen LogP contribution in [-0.2, 0) is 27.3 Å². The molecule has 37 heavy (non-hydrogen) atoms. The van der Waals surface area contributed by atoms with Gasteiger partial charge < -0.3 is 10.6 Å². The van der Waals surface area contributed by atoms with Crippen molar-refractivity contribution in [3.8, 4) is 11.3 Å². The number of carbonyl (C=O) groups excluding carboxylic acids is 3. The number of nitrogens with one attached hydrogen (secondary N) is 3. The molecule has 10 heteroatoms. The lowest BCUT2D eigenvalue weighted by molar-refractivity contribution is -0.136. The maximum absolute atomic E-state index is 12.6. The van der Waals surface area contributed by atoms with E-state index in [-0.39, 0.29) is 30.6 Å². The number of benzene rings is 1. The van der Waals surface area contributed by atoms with Crippen LogP contribution >= 0.6 is 11.3 Å². The van der Waals surface area contributed by atoms with Crippen molar-refractivity contribution in [2.24, 2.45) is 5.92 Å².